The van der Waals surface area contributed by atoms with Crippen LogP contribution in [-0.2, 0) is 16.1 Å². The van der Waals surface area contributed by atoms with E-state index in [4.69, 9.17) is 4.74 Å². The van der Waals surface area contributed by atoms with Crippen molar-refractivity contribution >= 4 is 5.78 Å². The molecule has 2 unspecified atom stereocenters. The first-order valence-electron chi connectivity index (χ1n) is 7.94. The summed E-state index contributed by atoms with van der Waals surface area (Å²) < 4.78 is 6.04. The van der Waals surface area contributed by atoms with Crippen LogP contribution < -0.4 is 0 Å². The molecule has 1 saturated heterocycles. The summed E-state index contributed by atoms with van der Waals surface area (Å²) >= 11 is 0. The van der Waals surface area contributed by atoms with E-state index in [1.54, 1.807) is 0 Å². The molecule has 1 aromatic carbocycles. The number of hydrogen-bond acceptors (Lipinski definition) is 3. The second-order valence-electron chi connectivity index (χ2n) is 6.52. The second-order valence-corrected chi connectivity index (χ2v) is 6.52. The van der Waals surface area contributed by atoms with Crippen LogP contribution in [0.1, 0.15) is 39.7 Å². The Morgan fingerprint density at radius 3 is 2.48 bits per heavy atom. The zero-order chi connectivity index (χ0) is 15.4. The minimum absolute atomic E-state index is 0.0192. The molecule has 0 radical (unpaired) electrons. The van der Waals surface area contributed by atoms with Crippen LogP contribution in [0.4, 0.5) is 0 Å². The van der Waals surface area contributed by atoms with Gasteiger partial charge in [0.05, 0.1) is 18.8 Å². The van der Waals surface area contributed by atoms with Gasteiger partial charge in [-0.3, -0.25) is 9.69 Å². The van der Waals surface area contributed by atoms with Crippen LogP contribution in [-0.4, -0.2) is 35.4 Å². The lowest BCUT2D eigenvalue weighted by Gasteiger charge is -2.27. The Morgan fingerprint density at radius 2 is 1.90 bits per heavy atom. The molecule has 21 heavy (non-hydrogen) atoms. The van der Waals surface area contributed by atoms with Crippen LogP contribution in [0.2, 0.25) is 0 Å². The first-order chi connectivity index (χ1) is 9.99. The van der Waals surface area contributed by atoms with Gasteiger partial charge in [-0.1, -0.05) is 44.2 Å². The van der Waals surface area contributed by atoms with Gasteiger partial charge in [-0.25, -0.2) is 0 Å². The maximum Gasteiger partial charge on any atom is 0.152 e. The van der Waals surface area contributed by atoms with Gasteiger partial charge in [-0.05, 0) is 25.8 Å². The van der Waals surface area contributed by atoms with Crippen LogP contribution in [0.3, 0.4) is 0 Å². The SMILES string of the molecule is CC(C)C(=O)C1CC(OCc2ccccc2)CN1C(C)C. The molecular weight excluding hydrogens is 262 g/mol. The molecule has 1 heterocycles. The van der Waals surface area contributed by atoms with Gasteiger partial charge < -0.3 is 4.74 Å². The van der Waals surface area contributed by atoms with Gasteiger partial charge in [0.1, 0.15) is 0 Å². The number of ketones is 1. The first kappa shape index (κ1) is 16.2. The molecule has 1 aromatic rings. The van der Waals surface area contributed by atoms with Gasteiger partial charge in [0, 0.05) is 18.5 Å². The van der Waals surface area contributed by atoms with Crippen molar-refractivity contribution in [2.75, 3.05) is 6.54 Å². The van der Waals surface area contributed by atoms with Crippen molar-refractivity contribution < 1.29 is 9.53 Å². The molecular formula is C18H27NO2. The normalized spacial score (nSPS) is 23.1. The van der Waals surface area contributed by atoms with E-state index < -0.39 is 0 Å². The van der Waals surface area contributed by atoms with Gasteiger partial charge in [0.15, 0.2) is 5.78 Å². The third-order valence-corrected chi connectivity index (χ3v) is 4.19. The third kappa shape index (κ3) is 4.14. The van der Waals surface area contributed by atoms with Gasteiger partial charge in [-0.15, -0.1) is 0 Å². The molecule has 2 rings (SSSR count). The molecule has 0 bridgehead atoms. The van der Waals surface area contributed by atoms with E-state index in [9.17, 15) is 4.79 Å². The standard InChI is InChI=1S/C18H27NO2/c1-13(2)18(20)17-10-16(11-19(17)14(3)4)21-12-15-8-6-5-7-9-15/h5-9,13-14,16-17H,10-12H2,1-4H3. The first-order valence-corrected chi connectivity index (χ1v) is 7.94. The fourth-order valence-electron chi connectivity index (χ4n) is 2.97. The lowest BCUT2D eigenvalue weighted by Crippen LogP contribution is -2.42. The van der Waals surface area contributed by atoms with E-state index in [1.807, 2.05) is 32.0 Å². The summed E-state index contributed by atoms with van der Waals surface area (Å²) in [6, 6.07) is 10.6. The van der Waals surface area contributed by atoms with Crippen molar-refractivity contribution in [3.8, 4) is 0 Å². The minimum atomic E-state index is 0.0192. The summed E-state index contributed by atoms with van der Waals surface area (Å²) in [5.41, 5.74) is 1.19. The van der Waals surface area contributed by atoms with E-state index in [-0.39, 0.29) is 18.1 Å². The van der Waals surface area contributed by atoms with Crippen molar-refractivity contribution in [1.82, 2.24) is 4.90 Å². The van der Waals surface area contributed by atoms with Crippen molar-refractivity contribution in [3.05, 3.63) is 35.9 Å². The fourth-order valence-corrected chi connectivity index (χ4v) is 2.97. The van der Waals surface area contributed by atoms with Crippen LogP contribution in [0.15, 0.2) is 30.3 Å². The molecule has 116 valence electrons. The lowest BCUT2D eigenvalue weighted by molar-refractivity contribution is -0.126. The second kappa shape index (κ2) is 7.19. The summed E-state index contributed by atoms with van der Waals surface area (Å²) in [5, 5.41) is 0. The zero-order valence-corrected chi connectivity index (χ0v) is 13.6. The van der Waals surface area contributed by atoms with Crippen LogP contribution in [0.5, 0.6) is 0 Å². The number of nitrogens with zero attached hydrogens (tertiary/aromatic N) is 1. The lowest BCUT2D eigenvalue weighted by atomic mass is 9.99. The summed E-state index contributed by atoms with van der Waals surface area (Å²) in [7, 11) is 0. The predicted molar refractivity (Wildman–Crippen MR) is 85.1 cm³/mol. The molecule has 1 fully saturated rings. The smallest absolute Gasteiger partial charge is 0.152 e. The summed E-state index contributed by atoms with van der Waals surface area (Å²) in [6.45, 7) is 9.76. The Balaban J connectivity index is 1.95. The number of carbonyl (C=O) groups excluding carboxylic acids is 1. The Kier molecular flexibility index (Phi) is 5.54. The number of Topliss-reactive ketones (excluding diaryl/α,β-unsaturated/α-hetero) is 1. The molecule has 1 aliphatic heterocycles. The van der Waals surface area contributed by atoms with Crippen molar-refractivity contribution in [3.63, 3.8) is 0 Å². The molecule has 0 amide bonds. The molecule has 3 heteroatoms. The van der Waals surface area contributed by atoms with E-state index in [0.29, 0.717) is 18.4 Å². The maximum absolute atomic E-state index is 12.4. The molecule has 2 atom stereocenters. The van der Waals surface area contributed by atoms with Gasteiger partial charge >= 0.3 is 0 Å². The number of hydrogen-bond donors (Lipinski definition) is 0. The van der Waals surface area contributed by atoms with Crippen molar-refractivity contribution in [2.24, 2.45) is 5.92 Å². The highest BCUT2D eigenvalue weighted by Crippen LogP contribution is 2.26. The molecule has 0 aliphatic carbocycles. The van der Waals surface area contributed by atoms with E-state index in [2.05, 4.69) is 30.9 Å². The van der Waals surface area contributed by atoms with Crippen molar-refractivity contribution in [1.29, 1.82) is 0 Å². The molecule has 3 nitrogen and oxygen atoms in total. The van der Waals surface area contributed by atoms with Crippen molar-refractivity contribution in [2.45, 2.75) is 58.9 Å². The minimum Gasteiger partial charge on any atom is -0.372 e. The summed E-state index contributed by atoms with van der Waals surface area (Å²) in [5.74, 6) is 0.429. The van der Waals surface area contributed by atoms with E-state index >= 15 is 0 Å². The maximum atomic E-state index is 12.4. The molecule has 0 spiro atoms. The largest absolute Gasteiger partial charge is 0.372 e. The number of likely N-dealkylation sites (tertiary alicyclic amines) is 1. The Morgan fingerprint density at radius 1 is 1.24 bits per heavy atom. The highest BCUT2D eigenvalue weighted by molar-refractivity contribution is 5.86. The topological polar surface area (TPSA) is 29.5 Å². The number of rotatable bonds is 6. The Bertz CT molecular complexity index is 456. The van der Waals surface area contributed by atoms with Crippen LogP contribution in [0.25, 0.3) is 0 Å². The van der Waals surface area contributed by atoms with Gasteiger partial charge in [0.25, 0.3) is 0 Å². The van der Waals surface area contributed by atoms with E-state index in [0.717, 1.165) is 13.0 Å². The average Bonchev–Trinajstić information content (AvgIpc) is 2.89. The Hall–Kier alpha value is -1.19. The third-order valence-electron chi connectivity index (χ3n) is 4.19. The predicted octanol–water partition coefficient (Wildman–Crippen LogP) is 3.28. The van der Waals surface area contributed by atoms with Gasteiger partial charge in [-0.2, -0.15) is 0 Å². The quantitative estimate of drug-likeness (QED) is 0.805. The number of benzene rings is 1. The monoisotopic (exact) mass is 289 g/mol. The highest BCUT2D eigenvalue weighted by Gasteiger charge is 2.38. The molecule has 0 N–H and O–H groups in total. The highest BCUT2D eigenvalue weighted by atomic mass is 16.5. The van der Waals surface area contributed by atoms with Crippen LogP contribution in [0, 0.1) is 5.92 Å². The zero-order valence-electron chi connectivity index (χ0n) is 13.6. The van der Waals surface area contributed by atoms with Crippen LogP contribution >= 0.6 is 0 Å². The number of carbonyl (C=O) groups is 1. The molecule has 0 aromatic heterocycles. The van der Waals surface area contributed by atoms with E-state index in [1.165, 1.54) is 5.56 Å². The summed E-state index contributed by atoms with van der Waals surface area (Å²) in [4.78, 5) is 14.7. The number of ether oxygens (including phenoxy) is 1. The average molecular weight is 289 g/mol. The fraction of sp³-hybridized carbons (Fsp3) is 0.611. The van der Waals surface area contributed by atoms with Gasteiger partial charge in [0.2, 0.25) is 0 Å². The summed E-state index contributed by atoms with van der Waals surface area (Å²) in [6.07, 6.45) is 0.975. The molecule has 0 saturated carbocycles. The Labute approximate surface area is 128 Å². The molecule has 1 aliphatic rings.